The number of benzene rings is 2. The highest BCUT2D eigenvalue weighted by atomic mass is 35.5. The number of nitrogens with zero attached hydrogens (tertiary/aromatic N) is 3. The van der Waals surface area contributed by atoms with Crippen LogP contribution in [0.15, 0.2) is 36.5 Å². The molecule has 4 rings (SSSR count). The zero-order valence-electron chi connectivity index (χ0n) is 12.6. The molecule has 0 aliphatic heterocycles. The van der Waals surface area contributed by atoms with Gasteiger partial charge in [-0.1, -0.05) is 35.9 Å². The van der Waals surface area contributed by atoms with E-state index in [9.17, 15) is 5.26 Å². The lowest BCUT2D eigenvalue weighted by atomic mass is 9.97. The maximum absolute atomic E-state index is 9.79. The van der Waals surface area contributed by atoms with Crippen molar-refractivity contribution >= 4 is 22.4 Å². The van der Waals surface area contributed by atoms with Gasteiger partial charge in [-0.2, -0.15) is 10.4 Å². The quantitative estimate of drug-likeness (QED) is 0.721. The average Bonchev–Trinajstić information content (AvgIpc) is 3.29. The zero-order valence-corrected chi connectivity index (χ0v) is 13.3. The smallest absolute Gasteiger partial charge is 0.146 e. The fraction of sp³-hybridized carbons (Fsp3) is 0.222. The maximum Gasteiger partial charge on any atom is 0.146 e. The molecule has 23 heavy (non-hydrogen) atoms. The molecule has 1 heterocycles. The van der Waals surface area contributed by atoms with Crippen LogP contribution in [0.4, 0.5) is 0 Å². The Morgan fingerprint density at radius 3 is 2.61 bits per heavy atom. The summed E-state index contributed by atoms with van der Waals surface area (Å²) >= 11 is 6.67. The van der Waals surface area contributed by atoms with E-state index >= 15 is 0 Å². The Kier molecular flexibility index (Phi) is 3.24. The molecule has 0 radical (unpaired) electrons. The molecule has 5 heteroatoms. The Morgan fingerprint density at radius 1 is 1.26 bits per heavy atom. The Balaban J connectivity index is 2.11. The highest BCUT2D eigenvalue weighted by Gasteiger charge is 2.28. The van der Waals surface area contributed by atoms with Gasteiger partial charge in [-0.3, -0.25) is 4.68 Å². The minimum Gasteiger partial charge on any atom is -0.488 e. The second kappa shape index (κ2) is 5.29. The lowest BCUT2D eigenvalue weighted by molar-refractivity contribution is 0.306. The SMILES string of the molecule is Cn1nccc1-c1c(C#N)c(OC2CC2)c2ccccc2c1Cl. The van der Waals surface area contributed by atoms with Crippen LogP contribution in [0.2, 0.25) is 5.02 Å². The summed E-state index contributed by atoms with van der Waals surface area (Å²) in [5, 5.41) is 16.3. The van der Waals surface area contributed by atoms with Gasteiger partial charge in [0.25, 0.3) is 0 Å². The van der Waals surface area contributed by atoms with Gasteiger partial charge in [-0.05, 0) is 18.9 Å². The summed E-state index contributed by atoms with van der Waals surface area (Å²) in [5.41, 5.74) is 1.96. The maximum atomic E-state index is 9.79. The predicted octanol–water partition coefficient (Wildman–Crippen LogP) is 4.31. The van der Waals surface area contributed by atoms with Crippen molar-refractivity contribution in [1.29, 1.82) is 5.26 Å². The van der Waals surface area contributed by atoms with Crippen molar-refractivity contribution in [2.75, 3.05) is 0 Å². The highest BCUT2D eigenvalue weighted by Crippen LogP contribution is 2.45. The van der Waals surface area contributed by atoms with Crippen LogP contribution in [-0.4, -0.2) is 15.9 Å². The number of hydrogen-bond donors (Lipinski definition) is 0. The molecule has 0 spiro atoms. The van der Waals surface area contributed by atoms with Gasteiger partial charge in [0.15, 0.2) is 0 Å². The first-order valence-electron chi connectivity index (χ1n) is 7.50. The summed E-state index contributed by atoms with van der Waals surface area (Å²) in [6.07, 6.45) is 3.96. The van der Waals surface area contributed by atoms with Crippen LogP contribution in [0.1, 0.15) is 18.4 Å². The van der Waals surface area contributed by atoms with Gasteiger partial charge in [-0.25, -0.2) is 0 Å². The number of rotatable bonds is 3. The Hall–Kier alpha value is -2.51. The van der Waals surface area contributed by atoms with Crippen LogP contribution in [0, 0.1) is 11.3 Å². The van der Waals surface area contributed by atoms with Gasteiger partial charge in [0.1, 0.15) is 17.4 Å². The van der Waals surface area contributed by atoms with Crippen molar-refractivity contribution in [2.45, 2.75) is 18.9 Å². The summed E-state index contributed by atoms with van der Waals surface area (Å²) in [6.45, 7) is 0. The predicted molar refractivity (Wildman–Crippen MR) is 89.5 cm³/mol. The molecule has 0 N–H and O–H groups in total. The van der Waals surface area contributed by atoms with E-state index in [0.717, 1.165) is 29.3 Å². The average molecular weight is 324 g/mol. The standard InChI is InChI=1S/C18H14ClN3O/c1-22-15(8-9-21-22)16-14(10-20)18(23-11-6-7-11)13-5-3-2-4-12(13)17(16)19/h2-5,8-9,11H,6-7H2,1H3. The third kappa shape index (κ3) is 2.25. The van der Waals surface area contributed by atoms with Crippen LogP contribution in [0.3, 0.4) is 0 Å². The summed E-state index contributed by atoms with van der Waals surface area (Å²) in [4.78, 5) is 0. The van der Waals surface area contributed by atoms with Crippen molar-refractivity contribution in [3.63, 3.8) is 0 Å². The third-order valence-corrected chi connectivity index (χ3v) is 4.50. The van der Waals surface area contributed by atoms with Gasteiger partial charge in [0.05, 0.1) is 16.8 Å². The van der Waals surface area contributed by atoms with Crippen LogP contribution in [0.5, 0.6) is 5.75 Å². The molecule has 1 saturated carbocycles. The Labute approximate surface area is 138 Å². The first-order valence-corrected chi connectivity index (χ1v) is 7.88. The van der Waals surface area contributed by atoms with Gasteiger partial charge in [0.2, 0.25) is 0 Å². The molecular formula is C18H14ClN3O. The highest BCUT2D eigenvalue weighted by molar-refractivity contribution is 6.39. The number of halogens is 1. The number of aryl methyl sites for hydroxylation is 1. The van der Waals surface area contributed by atoms with Gasteiger partial charge < -0.3 is 4.74 Å². The Bertz CT molecular complexity index is 951. The molecule has 0 saturated heterocycles. The molecule has 114 valence electrons. The van der Waals surface area contributed by atoms with E-state index in [0.29, 0.717) is 21.9 Å². The molecule has 0 atom stereocenters. The summed E-state index contributed by atoms with van der Waals surface area (Å²) in [6, 6.07) is 11.9. The molecule has 1 aliphatic carbocycles. The first kappa shape index (κ1) is 14.1. The topological polar surface area (TPSA) is 50.8 Å². The molecule has 2 aromatic carbocycles. The number of aromatic nitrogens is 2. The molecule has 1 fully saturated rings. The fourth-order valence-electron chi connectivity index (χ4n) is 2.81. The molecule has 0 bridgehead atoms. The van der Waals surface area contributed by atoms with Crippen molar-refractivity contribution in [1.82, 2.24) is 9.78 Å². The normalized spacial score (nSPS) is 14.0. The third-order valence-electron chi connectivity index (χ3n) is 4.10. The summed E-state index contributed by atoms with van der Waals surface area (Å²) in [7, 11) is 1.84. The van der Waals surface area contributed by atoms with E-state index in [1.807, 2.05) is 37.4 Å². The Morgan fingerprint density at radius 2 is 2.00 bits per heavy atom. The number of nitriles is 1. The molecule has 0 amide bonds. The minimum atomic E-state index is 0.200. The lowest BCUT2D eigenvalue weighted by Gasteiger charge is -2.16. The summed E-state index contributed by atoms with van der Waals surface area (Å²) < 4.78 is 7.80. The van der Waals surface area contributed by atoms with Crippen LogP contribution in [-0.2, 0) is 7.05 Å². The second-order valence-electron chi connectivity index (χ2n) is 5.71. The molecule has 4 nitrogen and oxygen atoms in total. The molecule has 1 aliphatic rings. The van der Waals surface area contributed by atoms with Gasteiger partial charge in [-0.15, -0.1) is 0 Å². The van der Waals surface area contributed by atoms with E-state index in [-0.39, 0.29) is 6.10 Å². The van der Waals surface area contributed by atoms with Crippen molar-refractivity contribution < 1.29 is 4.74 Å². The van der Waals surface area contributed by atoms with Crippen LogP contribution < -0.4 is 4.74 Å². The van der Waals surface area contributed by atoms with Crippen molar-refractivity contribution in [3.05, 3.63) is 47.1 Å². The molecular weight excluding hydrogens is 310 g/mol. The number of ether oxygens (including phenoxy) is 1. The number of fused-ring (bicyclic) bond motifs is 1. The van der Waals surface area contributed by atoms with Crippen LogP contribution in [0.25, 0.3) is 22.0 Å². The fourth-order valence-corrected chi connectivity index (χ4v) is 3.16. The van der Waals surface area contributed by atoms with E-state index in [2.05, 4.69) is 11.2 Å². The lowest BCUT2D eigenvalue weighted by Crippen LogP contribution is -2.03. The first-order chi connectivity index (χ1) is 11.2. The molecule has 0 unspecified atom stereocenters. The van der Waals surface area contributed by atoms with Crippen LogP contribution >= 0.6 is 11.6 Å². The second-order valence-corrected chi connectivity index (χ2v) is 6.09. The number of hydrogen-bond acceptors (Lipinski definition) is 3. The molecule has 1 aromatic heterocycles. The van der Waals surface area contributed by atoms with E-state index < -0.39 is 0 Å². The van der Waals surface area contributed by atoms with Crippen molar-refractivity contribution in [3.8, 4) is 23.1 Å². The largest absolute Gasteiger partial charge is 0.488 e. The van der Waals surface area contributed by atoms with Crippen molar-refractivity contribution in [2.24, 2.45) is 7.05 Å². The molecule has 3 aromatic rings. The van der Waals surface area contributed by atoms with Gasteiger partial charge >= 0.3 is 0 Å². The van der Waals surface area contributed by atoms with E-state index in [1.165, 1.54) is 0 Å². The summed E-state index contributed by atoms with van der Waals surface area (Å²) in [5.74, 6) is 0.631. The van der Waals surface area contributed by atoms with E-state index in [4.69, 9.17) is 16.3 Å². The zero-order chi connectivity index (χ0) is 16.0. The van der Waals surface area contributed by atoms with E-state index in [1.54, 1.807) is 10.9 Å². The minimum absolute atomic E-state index is 0.200. The van der Waals surface area contributed by atoms with Gasteiger partial charge in [0, 0.05) is 29.6 Å². The monoisotopic (exact) mass is 323 g/mol.